The molecule has 1 aliphatic carbocycles. The van der Waals surface area contributed by atoms with Crippen molar-refractivity contribution >= 4 is 38.6 Å². The van der Waals surface area contributed by atoms with Gasteiger partial charge in [-0.05, 0) is 56.2 Å². The van der Waals surface area contributed by atoms with Gasteiger partial charge in [-0.15, -0.1) is 0 Å². The van der Waals surface area contributed by atoms with Crippen molar-refractivity contribution in [3.05, 3.63) is 59.9 Å². The van der Waals surface area contributed by atoms with Crippen molar-refractivity contribution in [2.24, 2.45) is 0 Å². The van der Waals surface area contributed by atoms with E-state index in [0.717, 1.165) is 25.7 Å². The maximum absolute atomic E-state index is 12.9. The summed E-state index contributed by atoms with van der Waals surface area (Å²) in [4.78, 5) is 25.4. The van der Waals surface area contributed by atoms with Gasteiger partial charge in [0.1, 0.15) is 11.3 Å². The number of rotatable bonds is 7. The summed E-state index contributed by atoms with van der Waals surface area (Å²) in [5.74, 6) is -1.27. The van der Waals surface area contributed by atoms with Crippen molar-refractivity contribution in [3.8, 4) is 0 Å². The Morgan fingerprint density at radius 3 is 2.42 bits per heavy atom. The van der Waals surface area contributed by atoms with Crippen molar-refractivity contribution in [3.63, 3.8) is 0 Å². The summed E-state index contributed by atoms with van der Waals surface area (Å²) in [6, 6.07) is 12.7. The molecule has 1 fully saturated rings. The largest absolute Gasteiger partial charge is 0.460 e. The molecule has 1 amide bonds. The first kappa shape index (κ1) is 23.0. The fourth-order valence-corrected chi connectivity index (χ4v) is 5.52. The molecular formula is C24H26N2O6S. The van der Waals surface area contributed by atoms with E-state index in [1.54, 1.807) is 38.2 Å². The third-order valence-corrected chi connectivity index (χ3v) is 7.85. The van der Waals surface area contributed by atoms with Crippen molar-refractivity contribution in [2.45, 2.75) is 43.5 Å². The van der Waals surface area contributed by atoms with E-state index in [9.17, 15) is 18.0 Å². The smallest absolute Gasteiger partial charge is 0.376 e. The zero-order valence-corrected chi connectivity index (χ0v) is 19.4. The van der Waals surface area contributed by atoms with Gasteiger partial charge in [0.25, 0.3) is 5.91 Å². The van der Waals surface area contributed by atoms with Gasteiger partial charge in [-0.25, -0.2) is 13.2 Å². The molecule has 9 heteroatoms. The number of hydrogen-bond acceptors (Lipinski definition) is 6. The maximum atomic E-state index is 12.9. The summed E-state index contributed by atoms with van der Waals surface area (Å²) < 4.78 is 38.0. The van der Waals surface area contributed by atoms with Crippen LogP contribution in [0, 0.1) is 0 Å². The maximum Gasteiger partial charge on any atom is 0.376 e. The highest BCUT2D eigenvalue weighted by Crippen LogP contribution is 2.32. The number of sulfonamides is 1. The number of esters is 1. The quantitative estimate of drug-likeness (QED) is 0.512. The summed E-state index contributed by atoms with van der Waals surface area (Å²) in [6.07, 6.45) is 3.77. The number of hydrogen-bond donors (Lipinski definition) is 1. The van der Waals surface area contributed by atoms with Crippen molar-refractivity contribution < 1.29 is 27.2 Å². The van der Waals surface area contributed by atoms with Crippen LogP contribution in [0.25, 0.3) is 11.0 Å². The minimum Gasteiger partial charge on any atom is -0.460 e. The second-order valence-corrected chi connectivity index (χ2v) is 9.96. The topological polar surface area (TPSA) is 106 Å². The number of amides is 1. The predicted octanol–water partition coefficient (Wildman–Crippen LogP) is 4.42. The average Bonchev–Trinajstić information content (AvgIpc) is 3.47. The fraction of sp³-hybridized carbons (Fsp3) is 0.333. The predicted molar refractivity (Wildman–Crippen MR) is 124 cm³/mol. The molecule has 0 spiro atoms. The van der Waals surface area contributed by atoms with Crippen LogP contribution in [0.3, 0.4) is 0 Å². The van der Waals surface area contributed by atoms with Gasteiger partial charge in [0.05, 0.1) is 11.5 Å². The second kappa shape index (κ2) is 9.36. The van der Waals surface area contributed by atoms with Gasteiger partial charge in [-0.3, -0.25) is 4.79 Å². The van der Waals surface area contributed by atoms with Gasteiger partial charge in [0.2, 0.25) is 15.8 Å². The first-order valence-corrected chi connectivity index (χ1v) is 12.3. The normalized spacial score (nSPS) is 14.6. The Bertz CT molecular complexity index is 1270. The molecule has 1 heterocycles. The summed E-state index contributed by atoms with van der Waals surface area (Å²) in [7, 11) is -2.04. The number of fused-ring (bicyclic) bond motifs is 1. The molecule has 0 aliphatic heterocycles. The Morgan fingerprint density at radius 1 is 1.09 bits per heavy atom. The Kier molecular flexibility index (Phi) is 6.53. The van der Waals surface area contributed by atoms with E-state index in [2.05, 4.69) is 5.32 Å². The number of carbonyl (C=O) groups is 2. The zero-order chi connectivity index (χ0) is 23.6. The van der Waals surface area contributed by atoms with E-state index in [4.69, 9.17) is 9.15 Å². The molecule has 8 nitrogen and oxygen atoms in total. The van der Waals surface area contributed by atoms with Gasteiger partial charge in [-0.2, -0.15) is 4.31 Å². The summed E-state index contributed by atoms with van der Waals surface area (Å²) in [5.41, 5.74) is 0.900. The number of nitrogens with one attached hydrogen (secondary N) is 1. The van der Waals surface area contributed by atoms with Crippen molar-refractivity contribution in [2.75, 3.05) is 19.0 Å². The zero-order valence-electron chi connectivity index (χ0n) is 18.5. The van der Waals surface area contributed by atoms with Gasteiger partial charge < -0.3 is 14.5 Å². The van der Waals surface area contributed by atoms with Crippen LogP contribution >= 0.6 is 0 Å². The van der Waals surface area contributed by atoms with E-state index in [0.29, 0.717) is 11.0 Å². The number of nitrogens with zero attached hydrogens (tertiary/aromatic N) is 1. The summed E-state index contributed by atoms with van der Waals surface area (Å²) in [5, 5.41) is 3.28. The molecular weight excluding hydrogens is 444 g/mol. The Morgan fingerprint density at radius 2 is 1.76 bits per heavy atom. The molecule has 1 saturated carbocycles. The Balaban J connectivity index is 1.58. The van der Waals surface area contributed by atoms with Gasteiger partial charge in [0, 0.05) is 24.0 Å². The Hall–Kier alpha value is -3.17. The first-order chi connectivity index (χ1) is 15.8. The highest BCUT2D eigenvalue weighted by molar-refractivity contribution is 7.89. The third kappa shape index (κ3) is 4.51. The molecule has 2 aromatic carbocycles. The van der Waals surface area contributed by atoms with Gasteiger partial charge in [-0.1, -0.05) is 25.0 Å². The Labute approximate surface area is 192 Å². The SMILES string of the molecule is CCOC(=O)c1oc2ccccc2c1NC(=O)c1ccc(S(=O)(=O)N(C)C2CCCC2)cc1. The molecule has 0 bridgehead atoms. The van der Waals surface area contributed by atoms with Crippen LogP contribution in [0.15, 0.2) is 57.8 Å². The van der Waals surface area contributed by atoms with E-state index in [-0.39, 0.29) is 34.6 Å². The minimum atomic E-state index is -3.64. The standard InChI is InChI=1S/C24H26N2O6S/c1-3-31-24(28)22-21(19-10-6-7-11-20(19)32-22)25-23(27)16-12-14-18(15-13-16)33(29,30)26(2)17-8-4-5-9-17/h6-7,10-15,17H,3-5,8-9H2,1-2H3,(H,25,27). The van der Waals surface area contributed by atoms with E-state index < -0.39 is 21.9 Å². The summed E-state index contributed by atoms with van der Waals surface area (Å²) in [6.45, 7) is 1.84. The lowest BCUT2D eigenvalue weighted by atomic mass is 10.2. The number of para-hydroxylation sites is 1. The molecule has 1 aromatic heterocycles. The highest BCUT2D eigenvalue weighted by Gasteiger charge is 2.30. The fourth-order valence-electron chi connectivity index (χ4n) is 4.10. The molecule has 174 valence electrons. The van der Waals surface area contributed by atoms with Crippen LogP contribution in [-0.2, 0) is 14.8 Å². The molecule has 33 heavy (non-hydrogen) atoms. The average molecular weight is 471 g/mol. The molecule has 1 aliphatic rings. The lowest BCUT2D eigenvalue weighted by Crippen LogP contribution is -2.35. The second-order valence-electron chi connectivity index (χ2n) is 7.96. The number of anilines is 1. The van der Waals surface area contributed by atoms with Gasteiger partial charge >= 0.3 is 5.97 Å². The number of carbonyl (C=O) groups excluding carboxylic acids is 2. The van der Waals surface area contributed by atoms with Crippen molar-refractivity contribution in [1.82, 2.24) is 4.31 Å². The van der Waals surface area contributed by atoms with Gasteiger partial charge in [0.15, 0.2) is 0 Å². The first-order valence-electron chi connectivity index (χ1n) is 10.9. The van der Waals surface area contributed by atoms with E-state index >= 15 is 0 Å². The minimum absolute atomic E-state index is 0.00800. The number of ether oxygens (including phenoxy) is 1. The number of furan rings is 1. The van der Waals surface area contributed by atoms with Crippen LogP contribution in [-0.4, -0.2) is 44.3 Å². The lowest BCUT2D eigenvalue weighted by molar-refractivity contribution is 0.0494. The highest BCUT2D eigenvalue weighted by atomic mass is 32.2. The molecule has 0 atom stereocenters. The lowest BCUT2D eigenvalue weighted by Gasteiger charge is -2.23. The van der Waals surface area contributed by atoms with Crippen LogP contribution in [0.2, 0.25) is 0 Å². The molecule has 4 rings (SSSR count). The third-order valence-electron chi connectivity index (χ3n) is 5.93. The van der Waals surface area contributed by atoms with E-state index in [1.165, 1.54) is 28.6 Å². The van der Waals surface area contributed by atoms with E-state index in [1.807, 2.05) is 0 Å². The summed E-state index contributed by atoms with van der Waals surface area (Å²) >= 11 is 0. The van der Waals surface area contributed by atoms with Crippen LogP contribution in [0.1, 0.15) is 53.5 Å². The van der Waals surface area contributed by atoms with Crippen LogP contribution in [0.4, 0.5) is 5.69 Å². The molecule has 0 unspecified atom stereocenters. The van der Waals surface area contributed by atoms with Crippen LogP contribution in [0.5, 0.6) is 0 Å². The molecule has 1 N–H and O–H groups in total. The molecule has 0 radical (unpaired) electrons. The molecule has 0 saturated heterocycles. The molecule has 3 aromatic rings. The number of benzene rings is 2. The van der Waals surface area contributed by atoms with Crippen LogP contribution < -0.4 is 5.32 Å². The monoisotopic (exact) mass is 470 g/mol. The van der Waals surface area contributed by atoms with Crippen molar-refractivity contribution in [1.29, 1.82) is 0 Å².